The van der Waals surface area contributed by atoms with E-state index < -0.39 is 65.0 Å². The Balaban J connectivity index is 1.18. The van der Waals surface area contributed by atoms with Crippen LogP contribution in [0.3, 0.4) is 0 Å². The molecule has 20 heteroatoms. The highest BCUT2D eigenvalue weighted by Gasteiger charge is 2.25. The third-order valence-corrected chi connectivity index (χ3v) is 7.48. The van der Waals surface area contributed by atoms with Crippen LogP contribution in [0.15, 0.2) is 86.0 Å². The molecule has 2 aromatic carbocycles. The third-order valence-electron chi connectivity index (χ3n) is 7.48. The second-order valence-electron chi connectivity index (χ2n) is 10.9. The first-order chi connectivity index (χ1) is 25.5. The molecule has 0 bridgehead atoms. The molecule has 18 nitrogen and oxygen atoms in total. The van der Waals surface area contributed by atoms with E-state index in [0.29, 0.717) is 17.7 Å². The number of aliphatic hydroxyl groups excluding tert-OH is 1. The van der Waals surface area contributed by atoms with E-state index in [4.69, 9.17) is 4.74 Å². The zero-order valence-electron chi connectivity index (χ0n) is 26.8. The standard InChI is InChI=1S/C33H24F2N10O8/c34-20-12-18(29(46)33(51)52)24(38-30(47)22-1-3-27(42-40-22)44-8-6-36-15-44)11-17(20)5-10-53-26-14-25(19(32(49)50)13-21(26)35)39-31(48)23-2-4-28(43-41-23)45-9-7-37-16-45/h1-4,6-9,11-16,29,46H,5,10H2,(H,38,47)(H,39,48)(H,49,50)(H,51,52). The average Bonchev–Trinajstić information content (AvgIpc) is 3.89. The van der Waals surface area contributed by atoms with Gasteiger partial charge in [-0.05, 0) is 48.0 Å². The minimum absolute atomic E-state index is 0.142. The summed E-state index contributed by atoms with van der Waals surface area (Å²) in [4.78, 5) is 57.2. The Kier molecular flexibility index (Phi) is 10.1. The summed E-state index contributed by atoms with van der Waals surface area (Å²) in [6.07, 6.45) is 6.65. The van der Waals surface area contributed by atoms with Crippen LogP contribution in [0.2, 0.25) is 0 Å². The molecule has 0 saturated carbocycles. The number of aromatic nitrogens is 8. The fraction of sp³-hybridized carbons (Fsp3) is 0.0909. The molecule has 6 rings (SSSR count). The van der Waals surface area contributed by atoms with E-state index in [1.54, 1.807) is 12.4 Å². The number of carbonyl (C=O) groups excluding carboxylic acids is 2. The van der Waals surface area contributed by atoms with Crippen molar-refractivity contribution in [1.82, 2.24) is 39.5 Å². The highest BCUT2D eigenvalue weighted by atomic mass is 19.1. The zero-order valence-corrected chi connectivity index (χ0v) is 26.8. The van der Waals surface area contributed by atoms with E-state index in [1.165, 1.54) is 58.4 Å². The lowest BCUT2D eigenvalue weighted by molar-refractivity contribution is -0.146. The molecule has 1 atom stereocenters. The van der Waals surface area contributed by atoms with Gasteiger partial charge in [-0.3, -0.25) is 18.7 Å². The van der Waals surface area contributed by atoms with Gasteiger partial charge >= 0.3 is 11.9 Å². The molecule has 4 aromatic heterocycles. The number of halogens is 2. The monoisotopic (exact) mass is 726 g/mol. The Hall–Kier alpha value is -7.48. The van der Waals surface area contributed by atoms with Crippen LogP contribution in [0.1, 0.15) is 48.6 Å². The molecule has 0 spiro atoms. The number of benzene rings is 2. The Morgan fingerprint density at radius 1 is 0.755 bits per heavy atom. The summed E-state index contributed by atoms with van der Waals surface area (Å²) in [6, 6.07) is 8.95. The number of aliphatic carboxylic acids is 1. The maximum Gasteiger partial charge on any atom is 0.337 e. The average molecular weight is 727 g/mol. The second kappa shape index (κ2) is 15.2. The van der Waals surface area contributed by atoms with Gasteiger partial charge in [0.25, 0.3) is 11.8 Å². The number of anilines is 2. The molecule has 4 heterocycles. The molecule has 0 radical (unpaired) electrons. The van der Waals surface area contributed by atoms with Gasteiger partial charge in [-0.1, -0.05) is 0 Å². The Morgan fingerprint density at radius 3 is 1.83 bits per heavy atom. The molecule has 0 aliphatic heterocycles. The number of rotatable bonds is 13. The highest BCUT2D eigenvalue weighted by molar-refractivity contribution is 6.07. The predicted octanol–water partition coefficient (Wildman–Crippen LogP) is 2.86. The fourth-order valence-electron chi connectivity index (χ4n) is 4.84. The van der Waals surface area contributed by atoms with E-state index in [2.05, 4.69) is 41.0 Å². The Bertz CT molecular complexity index is 2300. The first-order valence-corrected chi connectivity index (χ1v) is 15.2. The van der Waals surface area contributed by atoms with Gasteiger partial charge in [0.05, 0.1) is 17.9 Å². The van der Waals surface area contributed by atoms with Crippen LogP contribution in [0.4, 0.5) is 20.2 Å². The maximum absolute atomic E-state index is 15.2. The summed E-state index contributed by atoms with van der Waals surface area (Å²) >= 11 is 0. The van der Waals surface area contributed by atoms with Crippen molar-refractivity contribution >= 4 is 35.1 Å². The molecule has 268 valence electrons. The minimum atomic E-state index is -2.23. The number of hydrogen-bond acceptors (Lipinski definition) is 12. The summed E-state index contributed by atoms with van der Waals surface area (Å²) in [5, 5.41) is 49.6. The van der Waals surface area contributed by atoms with Gasteiger partial charge in [0.2, 0.25) is 0 Å². The van der Waals surface area contributed by atoms with Crippen LogP contribution in [0.25, 0.3) is 11.6 Å². The van der Waals surface area contributed by atoms with E-state index in [1.807, 2.05) is 0 Å². The lowest BCUT2D eigenvalue weighted by Crippen LogP contribution is -2.20. The molecule has 0 aliphatic rings. The largest absolute Gasteiger partial charge is 0.490 e. The van der Waals surface area contributed by atoms with E-state index in [9.17, 15) is 38.9 Å². The Morgan fingerprint density at radius 2 is 1.34 bits per heavy atom. The minimum Gasteiger partial charge on any atom is -0.490 e. The van der Waals surface area contributed by atoms with Crippen LogP contribution < -0.4 is 15.4 Å². The molecule has 2 amide bonds. The van der Waals surface area contributed by atoms with Gasteiger partial charge in [0.15, 0.2) is 40.7 Å². The number of carboxylic acid groups (broad SMARTS) is 2. The first-order valence-electron chi connectivity index (χ1n) is 15.2. The molecule has 0 saturated heterocycles. The number of aromatic carboxylic acids is 1. The number of amides is 2. The number of imidazole rings is 2. The van der Waals surface area contributed by atoms with Crippen LogP contribution in [0, 0.1) is 11.6 Å². The van der Waals surface area contributed by atoms with Crippen molar-refractivity contribution < 1.29 is 48.0 Å². The second-order valence-corrected chi connectivity index (χ2v) is 10.9. The van der Waals surface area contributed by atoms with Gasteiger partial charge in [-0.15, -0.1) is 20.4 Å². The molecule has 53 heavy (non-hydrogen) atoms. The van der Waals surface area contributed by atoms with Gasteiger partial charge in [-0.2, -0.15) is 0 Å². The number of nitrogens with zero attached hydrogens (tertiary/aromatic N) is 8. The van der Waals surface area contributed by atoms with E-state index in [-0.39, 0.29) is 34.7 Å². The van der Waals surface area contributed by atoms with Crippen LogP contribution in [0.5, 0.6) is 5.75 Å². The summed E-state index contributed by atoms with van der Waals surface area (Å²) in [5.41, 5.74) is -2.23. The number of carbonyl (C=O) groups is 4. The number of aliphatic hydroxyl groups is 1. The van der Waals surface area contributed by atoms with Crippen molar-refractivity contribution in [2.45, 2.75) is 12.5 Å². The predicted molar refractivity (Wildman–Crippen MR) is 176 cm³/mol. The smallest absolute Gasteiger partial charge is 0.337 e. The molecular formula is C33H24F2N10O8. The lowest BCUT2D eigenvalue weighted by Gasteiger charge is -2.17. The van der Waals surface area contributed by atoms with E-state index >= 15 is 4.39 Å². The summed E-state index contributed by atoms with van der Waals surface area (Å²) in [7, 11) is 0. The van der Waals surface area contributed by atoms with Crippen LogP contribution in [-0.4, -0.2) is 85.2 Å². The van der Waals surface area contributed by atoms with Crippen molar-refractivity contribution in [3.05, 3.63) is 126 Å². The summed E-state index contributed by atoms with van der Waals surface area (Å²) in [5.74, 6) is -6.91. The number of ether oxygens (including phenoxy) is 1. The van der Waals surface area contributed by atoms with Crippen molar-refractivity contribution in [3.63, 3.8) is 0 Å². The van der Waals surface area contributed by atoms with Crippen LogP contribution >= 0.6 is 0 Å². The van der Waals surface area contributed by atoms with Gasteiger partial charge in [0.1, 0.15) is 18.5 Å². The van der Waals surface area contributed by atoms with Gasteiger partial charge < -0.3 is 30.7 Å². The van der Waals surface area contributed by atoms with Crippen molar-refractivity contribution in [1.29, 1.82) is 0 Å². The highest BCUT2D eigenvalue weighted by Crippen LogP contribution is 2.30. The quantitative estimate of drug-likeness (QED) is 0.115. The normalized spacial score (nSPS) is 11.5. The number of hydrogen-bond donors (Lipinski definition) is 5. The number of nitrogens with one attached hydrogen (secondary N) is 2. The third kappa shape index (κ3) is 7.97. The van der Waals surface area contributed by atoms with Gasteiger partial charge in [0, 0.05) is 48.5 Å². The van der Waals surface area contributed by atoms with E-state index in [0.717, 1.165) is 18.2 Å². The summed E-state index contributed by atoms with van der Waals surface area (Å²) < 4.78 is 38.7. The molecule has 1 unspecified atom stereocenters. The fourth-order valence-corrected chi connectivity index (χ4v) is 4.84. The summed E-state index contributed by atoms with van der Waals surface area (Å²) in [6.45, 7) is -0.426. The molecule has 6 aromatic rings. The number of carboxylic acids is 2. The van der Waals surface area contributed by atoms with Crippen molar-refractivity contribution in [2.24, 2.45) is 0 Å². The first kappa shape index (κ1) is 35.3. The Labute approximate surface area is 295 Å². The molecular weight excluding hydrogens is 702 g/mol. The SMILES string of the molecule is O=C(Nc1cc(OCCc2cc(NC(=O)c3ccc(-n4ccnc4)nn3)c(C(O)C(=O)O)cc2F)c(F)cc1C(=O)O)c1ccc(-n2ccnc2)nn1. The lowest BCUT2D eigenvalue weighted by atomic mass is 10.0. The van der Waals surface area contributed by atoms with Crippen molar-refractivity contribution in [2.75, 3.05) is 17.2 Å². The van der Waals surface area contributed by atoms with Crippen LogP contribution in [-0.2, 0) is 11.2 Å². The van der Waals surface area contributed by atoms with Gasteiger partial charge in [-0.25, -0.2) is 28.3 Å². The zero-order chi connectivity index (χ0) is 37.6. The molecule has 0 fully saturated rings. The topological polar surface area (TPSA) is 249 Å². The maximum atomic E-state index is 15.2. The molecule has 5 N–H and O–H groups in total. The van der Waals surface area contributed by atoms with Crippen molar-refractivity contribution in [3.8, 4) is 17.4 Å². The molecule has 0 aliphatic carbocycles.